The van der Waals surface area contributed by atoms with Crippen molar-refractivity contribution in [2.45, 2.75) is 31.3 Å². The number of aromatic nitrogens is 2. The molecule has 0 amide bonds. The molecule has 21 heavy (non-hydrogen) atoms. The monoisotopic (exact) mass is 277 g/mol. The van der Waals surface area contributed by atoms with Crippen LogP contribution in [0.2, 0.25) is 0 Å². The molecule has 1 aliphatic rings. The fourth-order valence-corrected chi connectivity index (χ4v) is 3.48. The second-order valence-corrected chi connectivity index (χ2v) is 5.91. The Morgan fingerprint density at radius 2 is 1.90 bits per heavy atom. The first-order valence-electron chi connectivity index (χ1n) is 7.59. The van der Waals surface area contributed by atoms with Gasteiger partial charge >= 0.3 is 0 Å². The van der Waals surface area contributed by atoms with E-state index in [1.807, 2.05) is 6.20 Å². The molecule has 0 bridgehead atoms. The smallest absolute Gasteiger partial charge is 0.140 e. The lowest BCUT2D eigenvalue weighted by Crippen LogP contribution is -2.16. The SMILES string of the molecule is N[C@@H]1CC[C@@H](n2ccnc2-c2cccc3ccccc23)C1. The van der Waals surface area contributed by atoms with E-state index in [2.05, 4.69) is 58.2 Å². The van der Waals surface area contributed by atoms with Gasteiger partial charge in [-0.1, -0.05) is 42.5 Å². The van der Waals surface area contributed by atoms with Gasteiger partial charge in [0, 0.05) is 30.0 Å². The van der Waals surface area contributed by atoms with E-state index < -0.39 is 0 Å². The zero-order valence-electron chi connectivity index (χ0n) is 11.9. The fraction of sp³-hybridized carbons (Fsp3) is 0.278. The van der Waals surface area contributed by atoms with Crippen molar-refractivity contribution < 1.29 is 0 Å². The summed E-state index contributed by atoms with van der Waals surface area (Å²) in [4.78, 5) is 4.63. The van der Waals surface area contributed by atoms with E-state index >= 15 is 0 Å². The van der Waals surface area contributed by atoms with Crippen LogP contribution in [0.5, 0.6) is 0 Å². The largest absolute Gasteiger partial charge is 0.328 e. The van der Waals surface area contributed by atoms with E-state index in [9.17, 15) is 0 Å². The quantitative estimate of drug-likeness (QED) is 0.775. The average Bonchev–Trinajstić information content (AvgIpc) is 3.15. The Labute approximate surface area is 124 Å². The summed E-state index contributed by atoms with van der Waals surface area (Å²) in [5, 5.41) is 2.52. The van der Waals surface area contributed by atoms with Crippen LogP contribution in [-0.4, -0.2) is 15.6 Å². The minimum Gasteiger partial charge on any atom is -0.328 e. The summed E-state index contributed by atoms with van der Waals surface area (Å²) in [6.45, 7) is 0. The lowest BCUT2D eigenvalue weighted by molar-refractivity contribution is 0.515. The van der Waals surface area contributed by atoms with Crippen molar-refractivity contribution in [3.05, 3.63) is 54.9 Å². The first-order chi connectivity index (χ1) is 10.3. The van der Waals surface area contributed by atoms with E-state index in [4.69, 9.17) is 5.73 Å². The highest BCUT2D eigenvalue weighted by Crippen LogP contribution is 2.34. The Balaban J connectivity index is 1.85. The van der Waals surface area contributed by atoms with Gasteiger partial charge in [-0.3, -0.25) is 0 Å². The molecule has 0 saturated heterocycles. The van der Waals surface area contributed by atoms with Gasteiger partial charge in [0.25, 0.3) is 0 Å². The summed E-state index contributed by atoms with van der Waals surface area (Å²) in [5.41, 5.74) is 7.28. The molecule has 2 atom stereocenters. The predicted octanol–water partition coefficient (Wildman–Crippen LogP) is 3.76. The standard InChI is InChI=1S/C18H19N3/c19-14-8-9-15(12-14)21-11-10-20-18(21)17-7-3-5-13-4-1-2-6-16(13)17/h1-7,10-11,14-15H,8-9,12,19H2/t14-,15-/m1/s1. The van der Waals surface area contributed by atoms with Crippen LogP contribution in [0.25, 0.3) is 22.2 Å². The van der Waals surface area contributed by atoms with Crippen LogP contribution in [0.3, 0.4) is 0 Å². The highest BCUT2D eigenvalue weighted by atomic mass is 15.1. The number of imidazole rings is 1. The Morgan fingerprint density at radius 1 is 1.05 bits per heavy atom. The van der Waals surface area contributed by atoms with Crippen molar-refractivity contribution in [1.82, 2.24) is 9.55 Å². The third-order valence-electron chi connectivity index (χ3n) is 4.54. The van der Waals surface area contributed by atoms with Gasteiger partial charge in [0.1, 0.15) is 5.82 Å². The van der Waals surface area contributed by atoms with Gasteiger partial charge in [-0.2, -0.15) is 0 Å². The molecule has 0 radical (unpaired) electrons. The van der Waals surface area contributed by atoms with Crippen LogP contribution >= 0.6 is 0 Å². The molecule has 1 fully saturated rings. The zero-order valence-corrected chi connectivity index (χ0v) is 11.9. The van der Waals surface area contributed by atoms with Gasteiger partial charge in [0.05, 0.1) is 0 Å². The summed E-state index contributed by atoms with van der Waals surface area (Å²) < 4.78 is 2.31. The highest BCUT2D eigenvalue weighted by molar-refractivity contribution is 5.95. The number of hydrogen-bond donors (Lipinski definition) is 1. The van der Waals surface area contributed by atoms with Crippen molar-refractivity contribution in [2.75, 3.05) is 0 Å². The number of fused-ring (bicyclic) bond motifs is 1. The average molecular weight is 277 g/mol. The van der Waals surface area contributed by atoms with E-state index in [-0.39, 0.29) is 0 Å². The van der Waals surface area contributed by atoms with E-state index in [1.54, 1.807) is 0 Å². The third-order valence-corrected chi connectivity index (χ3v) is 4.54. The van der Waals surface area contributed by atoms with Gasteiger partial charge < -0.3 is 10.3 Å². The topological polar surface area (TPSA) is 43.8 Å². The van der Waals surface area contributed by atoms with Crippen molar-refractivity contribution in [3.8, 4) is 11.4 Å². The van der Waals surface area contributed by atoms with Crippen molar-refractivity contribution in [3.63, 3.8) is 0 Å². The molecule has 2 N–H and O–H groups in total. The maximum atomic E-state index is 6.08. The predicted molar refractivity (Wildman–Crippen MR) is 86.0 cm³/mol. The second-order valence-electron chi connectivity index (χ2n) is 5.91. The number of benzene rings is 2. The molecule has 0 spiro atoms. The third kappa shape index (κ3) is 2.14. The molecule has 1 heterocycles. The molecular formula is C18H19N3. The maximum Gasteiger partial charge on any atom is 0.140 e. The van der Waals surface area contributed by atoms with Crippen LogP contribution in [0.15, 0.2) is 54.9 Å². The lowest BCUT2D eigenvalue weighted by atomic mass is 10.0. The summed E-state index contributed by atoms with van der Waals surface area (Å²) >= 11 is 0. The van der Waals surface area contributed by atoms with Gasteiger partial charge in [-0.15, -0.1) is 0 Å². The molecule has 3 heteroatoms. The summed E-state index contributed by atoms with van der Waals surface area (Å²) in [6.07, 6.45) is 7.31. The van der Waals surface area contributed by atoms with Crippen LogP contribution < -0.4 is 5.73 Å². The molecule has 0 aliphatic heterocycles. The van der Waals surface area contributed by atoms with E-state index in [0.29, 0.717) is 12.1 Å². The summed E-state index contributed by atoms with van der Waals surface area (Å²) in [7, 11) is 0. The molecular weight excluding hydrogens is 258 g/mol. The molecule has 3 nitrogen and oxygen atoms in total. The number of nitrogens with two attached hydrogens (primary N) is 1. The molecule has 3 aromatic rings. The second kappa shape index (κ2) is 5.01. The van der Waals surface area contributed by atoms with Crippen molar-refractivity contribution in [2.24, 2.45) is 5.73 Å². The molecule has 1 aromatic heterocycles. The van der Waals surface area contributed by atoms with E-state index in [0.717, 1.165) is 25.1 Å². The molecule has 1 aliphatic carbocycles. The first-order valence-corrected chi connectivity index (χ1v) is 7.59. The van der Waals surface area contributed by atoms with Crippen LogP contribution in [0.1, 0.15) is 25.3 Å². The first kappa shape index (κ1) is 12.6. The van der Waals surface area contributed by atoms with Crippen LogP contribution in [-0.2, 0) is 0 Å². The fourth-order valence-electron chi connectivity index (χ4n) is 3.48. The molecule has 1 saturated carbocycles. The maximum absolute atomic E-state index is 6.08. The van der Waals surface area contributed by atoms with Crippen molar-refractivity contribution in [1.29, 1.82) is 0 Å². The van der Waals surface area contributed by atoms with Gasteiger partial charge in [0.15, 0.2) is 0 Å². The number of nitrogens with zero attached hydrogens (tertiary/aromatic N) is 2. The number of rotatable bonds is 2. The van der Waals surface area contributed by atoms with Gasteiger partial charge in [-0.05, 0) is 30.0 Å². The normalized spacial score (nSPS) is 22.0. The van der Waals surface area contributed by atoms with Crippen LogP contribution in [0, 0.1) is 0 Å². The zero-order chi connectivity index (χ0) is 14.2. The Kier molecular flexibility index (Phi) is 3.00. The van der Waals surface area contributed by atoms with Crippen LogP contribution in [0.4, 0.5) is 0 Å². The molecule has 4 rings (SSSR count). The Bertz CT molecular complexity index is 769. The van der Waals surface area contributed by atoms with Gasteiger partial charge in [-0.25, -0.2) is 4.98 Å². The van der Waals surface area contributed by atoms with E-state index in [1.165, 1.54) is 16.3 Å². The van der Waals surface area contributed by atoms with Gasteiger partial charge in [0.2, 0.25) is 0 Å². The summed E-state index contributed by atoms with van der Waals surface area (Å²) in [6, 6.07) is 15.7. The Morgan fingerprint density at radius 3 is 2.76 bits per heavy atom. The van der Waals surface area contributed by atoms with Crippen molar-refractivity contribution >= 4 is 10.8 Å². The highest BCUT2D eigenvalue weighted by Gasteiger charge is 2.25. The number of hydrogen-bond acceptors (Lipinski definition) is 2. The minimum atomic E-state index is 0.331. The lowest BCUT2D eigenvalue weighted by Gasteiger charge is -2.16. The Hall–Kier alpha value is -2.13. The molecule has 2 aromatic carbocycles. The summed E-state index contributed by atoms with van der Waals surface area (Å²) in [5.74, 6) is 1.06. The minimum absolute atomic E-state index is 0.331. The molecule has 0 unspecified atom stereocenters. The molecule has 106 valence electrons.